The molecule has 80 valence electrons. The van der Waals surface area contributed by atoms with E-state index in [-0.39, 0.29) is 5.67 Å². The van der Waals surface area contributed by atoms with Gasteiger partial charge in [-0.15, -0.1) is 0 Å². The summed E-state index contributed by atoms with van der Waals surface area (Å²) >= 11 is 0. The van der Waals surface area contributed by atoms with Gasteiger partial charge in [0.1, 0.15) is 5.67 Å². The van der Waals surface area contributed by atoms with Crippen LogP contribution in [-0.4, -0.2) is 48.6 Å². The highest BCUT2D eigenvalue weighted by atomic mass is 28.3. The van der Waals surface area contributed by atoms with Crippen LogP contribution in [0.25, 0.3) is 0 Å². The van der Waals surface area contributed by atoms with E-state index in [4.69, 9.17) is 18.5 Å². The van der Waals surface area contributed by atoms with Crippen molar-refractivity contribution in [3.8, 4) is 0 Å². The predicted octanol–water partition coefficient (Wildman–Crippen LogP) is 0.242. The lowest BCUT2D eigenvalue weighted by atomic mass is 10.5. The molecule has 0 amide bonds. The fourth-order valence-corrected chi connectivity index (χ4v) is 2.84. The summed E-state index contributed by atoms with van der Waals surface area (Å²) in [6.45, 7) is 2.04. The third-order valence-corrected chi connectivity index (χ3v) is 4.10. The molecule has 0 aliphatic rings. The Morgan fingerprint density at radius 2 is 1.54 bits per heavy atom. The first-order valence-corrected chi connectivity index (χ1v) is 5.79. The van der Waals surface area contributed by atoms with Crippen LogP contribution in [0.4, 0.5) is 0 Å². The van der Waals surface area contributed by atoms with Crippen LogP contribution < -0.4 is 0 Å². The lowest BCUT2D eigenvalue weighted by molar-refractivity contribution is -0.355. The van der Waals surface area contributed by atoms with Crippen LogP contribution in [0.2, 0.25) is 0 Å². The van der Waals surface area contributed by atoms with Gasteiger partial charge in [-0.1, -0.05) is 12.2 Å². The van der Waals surface area contributed by atoms with E-state index in [0.717, 1.165) is 6.42 Å². The summed E-state index contributed by atoms with van der Waals surface area (Å²) in [6, 6.07) is 0. The second kappa shape index (κ2) is 7.42. The Bertz CT molecular complexity index is 107. The summed E-state index contributed by atoms with van der Waals surface area (Å²) in [4.78, 5) is 10.0. The van der Waals surface area contributed by atoms with Crippen molar-refractivity contribution in [3.63, 3.8) is 0 Å². The Morgan fingerprint density at radius 3 is 1.77 bits per heavy atom. The molecule has 0 aromatic heterocycles. The quantitative estimate of drug-likeness (QED) is 0.444. The molecule has 0 aromatic rings. The normalized spacial score (nSPS) is 14.1. The van der Waals surface area contributed by atoms with E-state index in [1.165, 1.54) is 5.23 Å². The third-order valence-electron chi connectivity index (χ3n) is 1.83. The number of hydroxylamine groups is 2. The first kappa shape index (κ1) is 13.0. The second-order valence-electron chi connectivity index (χ2n) is 2.47. The zero-order chi connectivity index (χ0) is 10.3. The van der Waals surface area contributed by atoms with E-state index in [1.54, 1.807) is 28.4 Å². The van der Waals surface area contributed by atoms with Gasteiger partial charge < -0.3 is 8.85 Å². The largest absolute Gasteiger partial charge is 0.399 e. The van der Waals surface area contributed by atoms with E-state index in [9.17, 15) is 0 Å². The molecule has 0 bridgehead atoms. The molecule has 5 nitrogen and oxygen atoms in total. The summed E-state index contributed by atoms with van der Waals surface area (Å²) in [5.74, 6) is 0. The van der Waals surface area contributed by atoms with E-state index >= 15 is 0 Å². The molecule has 0 saturated carbocycles. The van der Waals surface area contributed by atoms with Crippen LogP contribution in [0.5, 0.6) is 0 Å². The van der Waals surface area contributed by atoms with Crippen molar-refractivity contribution >= 4 is 9.28 Å². The number of hydrogen-bond donors (Lipinski definition) is 0. The van der Waals surface area contributed by atoms with Crippen molar-refractivity contribution in [1.29, 1.82) is 0 Å². The Labute approximate surface area is 81.3 Å². The molecule has 0 aromatic carbocycles. The van der Waals surface area contributed by atoms with E-state index < -0.39 is 9.28 Å². The van der Waals surface area contributed by atoms with E-state index in [1.807, 2.05) is 6.92 Å². The first-order chi connectivity index (χ1) is 6.24. The Hall–Kier alpha value is 0.0169. The highest BCUT2D eigenvalue weighted by molar-refractivity contribution is 6.46. The highest BCUT2D eigenvalue weighted by Crippen LogP contribution is 2.09. The zero-order valence-corrected chi connectivity index (χ0v) is 10.1. The van der Waals surface area contributed by atoms with Crippen LogP contribution in [0.15, 0.2) is 0 Å². The smallest absolute Gasteiger partial charge is 0.343 e. The van der Waals surface area contributed by atoms with Gasteiger partial charge in [0.25, 0.3) is 0 Å². The van der Waals surface area contributed by atoms with Gasteiger partial charge in [-0.2, -0.15) is 0 Å². The van der Waals surface area contributed by atoms with Gasteiger partial charge in [-0.25, -0.2) is 0 Å². The molecule has 13 heavy (non-hydrogen) atoms. The number of nitrogens with zero attached hydrogens (tertiary/aromatic N) is 1. The molecule has 1 unspecified atom stereocenters. The van der Waals surface area contributed by atoms with Crippen LogP contribution >= 0.6 is 0 Å². The standard InChI is InChI=1S/C7H19NO4Si/c1-6-7(8(9-2)10-3)13(11-4)12-5/h7,13H,6H2,1-5H3. The minimum Gasteiger partial charge on any atom is -0.399 e. The molecular formula is C7H19NO4Si. The molecule has 0 aliphatic carbocycles. The van der Waals surface area contributed by atoms with Crippen LogP contribution in [0.3, 0.4) is 0 Å². The summed E-state index contributed by atoms with van der Waals surface area (Å²) < 4.78 is 10.5. The maximum Gasteiger partial charge on any atom is 0.343 e. The molecule has 6 heteroatoms. The minimum absolute atomic E-state index is 0.0602. The van der Waals surface area contributed by atoms with Crippen molar-refractivity contribution in [2.75, 3.05) is 28.4 Å². The monoisotopic (exact) mass is 209 g/mol. The molecule has 0 heterocycles. The average molecular weight is 209 g/mol. The lowest BCUT2D eigenvalue weighted by Gasteiger charge is -2.29. The summed E-state index contributed by atoms with van der Waals surface area (Å²) in [7, 11) is 4.68. The molecular weight excluding hydrogens is 190 g/mol. The van der Waals surface area contributed by atoms with Gasteiger partial charge in [0.05, 0.1) is 14.2 Å². The topological polar surface area (TPSA) is 40.2 Å². The maximum atomic E-state index is 5.25. The minimum atomic E-state index is -1.72. The van der Waals surface area contributed by atoms with Gasteiger partial charge in [-0.3, -0.25) is 9.68 Å². The average Bonchev–Trinajstić information content (AvgIpc) is 2.18. The van der Waals surface area contributed by atoms with Gasteiger partial charge >= 0.3 is 9.28 Å². The van der Waals surface area contributed by atoms with Gasteiger partial charge in [0.2, 0.25) is 0 Å². The Morgan fingerprint density at radius 1 is 1.08 bits per heavy atom. The molecule has 0 radical (unpaired) electrons. The molecule has 1 atom stereocenters. The van der Waals surface area contributed by atoms with Crippen molar-refractivity contribution in [2.45, 2.75) is 19.0 Å². The summed E-state index contributed by atoms with van der Waals surface area (Å²) in [5.41, 5.74) is 0.0602. The highest BCUT2D eigenvalue weighted by Gasteiger charge is 2.29. The summed E-state index contributed by atoms with van der Waals surface area (Å²) in [5, 5.41) is 1.42. The van der Waals surface area contributed by atoms with Crippen LogP contribution in [0.1, 0.15) is 13.3 Å². The second-order valence-corrected chi connectivity index (χ2v) is 4.92. The van der Waals surface area contributed by atoms with Crippen molar-refractivity contribution < 1.29 is 18.5 Å². The van der Waals surface area contributed by atoms with Crippen molar-refractivity contribution in [1.82, 2.24) is 5.23 Å². The van der Waals surface area contributed by atoms with Crippen LogP contribution in [0, 0.1) is 0 Å². The lowest BCUT2D eigenvalue weighted by Crippen LogP contribution is -2.47. The van der Waals surface area contributed by atoms with Gasteiger partial charge in [0, 0.05) is 14.2 Å². The van der Waals surface area contributed by atoms with Gasteiger partial charge in [0.15, 0.2) is 0 Å². The van der Waals surface area contributed by atoms with E-state index in [2.05, 4.69) is 0 Å². The molecule has 0 spiro atoms. The first-order valence-electron chi connectivity index (χ1n) is 4.18. The van der Waals surface area contributed by atoms with Crippen molar-refractivity contribution in [3.05, 3.63) is 0 Å². The molecule has 0 aliphatic heterocycles. The molecule has 0 fully saturated rings. The molecule has 0 rings (SSSR count). The molecule has 0 saturated heterocycles. The predicted molar refractivity (Wildman–Crippen MR) is 51.1 cm³/mol. The molecule has 0 N–H and O–H groups in total. The zero-order valence-electron chi connectivity index (χ0n) is 8.94. The maximum absolute atomic E-state index is 5.25. The third kappa shape index (κ3) is 3.71. The Kier molecular flexibility index (Phi) is 7.43. The SMILES string of the molecule is CCC(N(OC)OC)[SiH](OC)OC. The number of hydrogen-bond acceptors (Lipinski definition) is 5. The van der Waals surface area contributed by atoms with E-state index in [0.29, 0.717) is 0 Å². The Balaban J connectivity index is 4.26. The number of rotatable bonds is 7. The summed E-state index contributed by atoms with van der Waals surface area (Å²) in [6.07, 6.45) is 0.861. The fraction of sp³-hybridized carbons (Fsp3) is 1.00. The van der Waals surface area contributed by atoms with Crippen molar-refractivity contribution in [2.24, 2.45) is 0 Å². The van der Waals surface area contributed by atoms with Crippen LogP contribution in [-0.2, 0) is 18.5 Å². The van der Waals surface area contributed by atoms with Gasteiger partial charge in [-0.05, 0) is 6.42 Å². The fourth-order valence-electron chi connectivity index (χ4n) is 1.20.